The predicted octanol–water partition coefficient (Wildman–Crippen LogP) is 3.11. The van der Waals surface area contributed by atoms with Gasteiger partial charge in [0, 0.05) is 17.5 Å². The van der Waals surface area contributed by atoms with Crippen LogP contribution in [0, 0.1) is 0 Å². The molecule has 0 bridgehead atoms. The molecule has 0 unspecified atom stereocenters. The van der Waals surface area contributed by atoms with Crippen molar-refractivity contribution >= 4 is 22.5 Å². The third-order valence-electron chi connectivity index (χ3n) is 2.42. The maximum Gasteiger partial charge on any atom is 0.141 e. The molecule has 0 saturated carbocycles. The standard InChI is InChI=1S/C12H12ClNO/c13-7-1-3-9-5-6-11(15)12-10(9)4-2-8-14-12/h2,4-6,8,15H,1,3,7H2. The predicted molar refractivity (Wildman–Crippen MR) is 62.4 cm³/mol. The van der Waals surface area contributed by atoms with Gasteiger partial charge in [-0.1, -0.05) is 12.1 Å². The molecule has 0 spiro atoms. The Bertz CT molecular complexity index is 470. The molecule has 15 heavy (non-hydrogen) atoms. The zero-order valence-electron chi connectivity index (χ0n) is 8.28. The van der Waals surface area contributed by atoms with Gasteiger partial charge in [-0.15, -0.1) is 11.6 Å². The maximum absolute atomic E-state index is 9.63. The van der Waals surface area contributed by atoms with Crippen LogP contribution in [0.4, 0.5) is 0 Å². The molecule has 0 aliphatic carbocycles. The lowest BCUT2D eigenvalue weighted by Gasteiger charge is -2.06. The Morgan fingerprint density at radius 3 is 2.93 bits per heavy atom. The molecule has 1 aromatic heterocycles. The quantitative estimate of drug-likeness (QED) is 0.808. The third-order valence-corrected chi connectivity index (χ3v) is 2.69. The highest BCUT2D eigenvalue weighted by Gasteiger charge is 2.05. The van der Waals surface area contributed by atoms with Crippen LogP contribution in [0.25, 0.3) is 10.9 Å². The first kappa shape index (κ1) is 10.2. The van der Waals surface area contributed by atoms with E-state index in [0.717, 1.165) is 18.2 Å². The Morgan fingerprint density at radius 2 is 2.13 bits per heavy atom. The molecule has 0 atom stereocenters. The Kier molecular flexibility index (Phi) is 3.07. The van der Waals surface area contributed by atoms with Gasteiger partial charge < -0.3 is 5.11 Å². The molecule has 2 nitrogen and oxygen atoms in total. The topological polar surface area (TPSA) is 33.1 Å². The highest BCUT2D eigenvalue weighted by molar-refractivity contribution is 6.17. The molecule has 2 aromatic rings. The molecule has 1 aromatic carbocycles. The van der Waals surface area contributed by atoms with E-state index in [1.165, 1.54) is 5.56 Å². The van der Waals surface area contributed by atoms with Gasteiger partial charge in [-0.2, -0.15) is 0 Å². The molecule has 3 heteroatoms. The number of aromatic nitrogens is 1. The van der Waals surface area contributed by atoms with E-state index in [-0.39, 0.29) is 5.75 Å². The fourth-order valence-corrected chi connectivity index (χ4v) is 1.83. The molecule has 0 fully saturated rings. The summed E-state index contributed by atoms with van der Waals surface area (Å²) >= 11 is 5.67. The first-order valence-corrected chi connectivity index (χ1v) is 5.48. The van der Waals surface area contributed by atoms with Crippen LogP contribution in [0.15, 0.2) is 30.5 Å². The number of aryl methyl sites for hydroxylation is 1. The van der Waals surface area contributed by atoms with Crippen molar-refractivity contribution in [3.8, 4) is 5.75 Å². The van der Waals surface area contributed by atoms with Gasteiger partial charge in [-0.05, 0) is 30.5 Å². The van der Waals surface area contributed by atoms with Crippen molar-refractivity contribution in [3.63, 3.8) is 0 Å². The average molecular weight is 222 g/mol. The lowest BCUT2D eigenvalue weighted by atomic mass is 10.0. The highest BCUT2D eigenvalue weighted by atomic mass is 35.5. The van der Waals surface area contributed by atoms with Crippen LogP contribution in [-0.4, -0.2) is 16.0 Å². The van der Waals surface area contributed by atoms with Crippen LogP contribution in [0.5, 0.6) is 5.75 Å². The highest BCUT2D eigenvalue weighted by Crippen LogP contribution is 2.26. The maximum atomic E-state index is 9.63. The summed E-state index contributed by atoms with van der Waals surface area (Å²) in [6.45, 7) is 0. The minimum Gasteiger partial charge on any atom is -0.506 e. The van der Waals surface area contributed by atoms with E-state index in [1.807, 2.05) is 18.2 Å². The van der Waals surface area contributed by atoms with E-state index in [9.17, 15) is 5.11 Å². The van der Waals surface area contributed by atoms with Crippen molar-refractivity contribution in [3.05, 3.63) is 36.0 Å². The van der Waals surface area contributed by atoms with Gasteiger partial charge in [-0.3, -0.25) is 4.98 Å². The van der Waals surface area contributed by atoms with E-state index in [1.54, 1.807) is 12.3 Å². The summed E-state index contributed by atoms with van der Waals surface area (Å²) in [7, 11) is 0. The first-order valence-electron chi connectivity index (χ1n) is 4.94. The lowest BCUT2D eigenvalue weighted by Crippen LogP contribution is -1.90. The fraction of sp³-hybridized carbons (Fsp3) is 0.250. The summed E-state index contributed by atoms with van der Waals surface area (Å²) in [5, 5.41) is 10.6. The number of phenols is 1. The Labute approximate surface area is 93.5 Å². The van der Waals surface area contributed by atoms with Crippen LogP contribution >= 0.6 is 11.6 Å². The average Bonchev–Trinajstić information content (AvgIpc) is 2.29. The van der Waals surface area contributed by atoms with Gasteiger partial charge in [0.05, 0.1) is 0 Å². The molecular weight excluding hydrogens is 210 g/mol. The zero-order valence-corrected chi connectivity index (χ0v) is 9.04. The van der Waals surface area contributed by atoms with E-state index < -0.39 is 0 Å². The smallest absolute Gasteiger partial charge is 0.141 e. The second-order valence-electron chi connectivity index (χ2n) is 3.44. The number of fused-ring (bicyclic) bond motifs is 1. The second-order valence-corrected chi connectivity index (χ2v) is 3.81. The largest absolute Gasteiger partial charge is 0.506 e. The summed E-state index contributed by atoms with van der Waals surface area (Å²) in [4.78, 5) is 4.17. The van der Waals surface area contributed by atoms with Crippen molar-refractivity contribution < 1.29 is 5.11 Å². The van der Waals surface area contributed by atoms with E-state index in [4.69, 9.17) is 11.6 Å². The molecule has 0 saturated heterocycles. The van der Waals surface area contributed by atoms with Gasteiger partial charge in [0.2, 0.25) is 0 Å². The van der Waals surface area contributed by atoms with Crippen LogP contribution in [0.3, 0.4) is 0 Å². The van der Waals surface area contributed by atoms with Crippen molar-refractivity contribution in [2.75, 3.05) is 5.88 Å². The van der Waals surface area contributed by atoms with Crippen LogP contribution < -0.4 is 0 Å². The van der Waals surface area contributed by atoms with Gasteiger partial charge in [0.1, 0.15) is 11.3 Å². The molecule has 0 aliphatic rings. The third kappa shape index (κ3) is 2.05. The fourth-order valence-electron chi connectivity index (χ4n) is 1.69. The van der Waals surface area contributed by atoms with E-state index in [0.29, 0.717) is 11.4 Å². The molecule has 0 amide bonds. The first-order chi connectivity index (χ1) is 7.33. The monoisotopic (exact) mass is 221 g/mol. The lowest BCUT2D eigenvalue weighted by molar-refractivity contribution is 0.480. The minimum atomic E-state index is 0.236. The van der Waals surface area contributed by atoms with Crippen LogP contribution in [0.2, 0.25) is 0 Å². The van der Waals surface area contributed by atoms with Gasteiger partial charge in [-0.25, -0.2) is 0 Å². The number of halogens is 1. The number of hydrogen-bond donors (Lipinski definition) is 1. The second kappa shape index (κ2) is 4.49. The Hall–Kier alpha value is -1.28. The van der Waals surface area contributed by atoms with E-state index >= 15 is 0 Å². The number of hydrogen-bond acceptors (Lipinski definition) is 2. The minimum absolute atomic E-state index is 0.236. The molecule has 1 N–H and O–H groups in total. The SMILES string of the molecule is Oc1ccc(CCCCl)c2cccnc12. The summed E-state index contributed by atoms with van der Waals surface area (Å²) in [5.41, 5.74) is 1.86. The molecular formula is C12H12ClNO. The number of aromatic hydroxyl groups is 1. The van der Waals surface area contributed by atoms with E-state index in [2.05, 4.69) is 4.98 Å². The normalized spacial score (nSPS) is 10.7. The van der Waals surface area contributed by atoms with Crippen LogP contribution in [0.1, 0.15) is 12.0 Å². The number of benzene rings is 1. The molecule has 1 heterocycles. The van der Waals surface area contributed by atoms with Crippen molar-refractivity contribution in [1.29, 1.82) is 0 Å². The summed E-state index contributed by atoms with van der Waals surface area (Å²) in [6, 6.07) is 7.49. The summed E-state index contributed by atoms with van der Waals surface area (Å²) in [5.74, 6) is 0.892. The summed E-state index contributed by atoms with van der Waals surface area (Å²) in [6.07, 6.45) is 3.55. The van der Waals surface area contributed by atoms with Gasteiger partial charge in [0.25, 0.3) is 0 Å². The molecule has 78 valence electrons. The van der Waals surface area contributed by atoms with Crippen molar-refractivity contribution in [2.24, 2.45) is 0 Å². The molecule has 0 aliphatic heterocycles. The zero-order chi connectivity index (χ0) is 10.7. The number of rotatable bonds is 3. The Morgan fingerprint density at radius 1 is 1.27 bits per heavy atom. The number of pyridine rings is 1. The van der Waals surface area contributed by atoms with Gasteiger partial charge in [0.15, 0.2) is 0 Å². The molecule has 2 rings (SSSR count). The van der Waals surface area contributed by atoms with Crippen molar-refractivity contribution in [1.82, 2.24) is 4.98 Å². The number of alkyl halides is 1. The van der Waals surface area contributed by atoms with Gasteiger partial charge >= 0.3 is 0 Å². The number of nitrogens with zero attached hydrogens (tertiary/aromatic N) is 1. The Balaban J connectivity index is 2.51. The van der Waals surface area contributed by atoms with Crippen molar-refractivity contribution in [2.45, 2.75) is 12.8 Å². The number of phenolic OH excluding ortho intramolecular Hbond substituents is 1. The molecule has 0 radical (unpaired) electrons. The van der Waals surface area contributed by atoms with Crippen LogP contribution in [-0.2, 0) is 6.42 Å². The summed E-state index contributed by atoms with van der Waals surface area (Å²) < 4.78 is 0.